The van der Waals surface area contributed by atoms with E-state index in [1.165, 1.54) is 0 Å². The molecule has 5 heteroatoms. The Morgan fingerprint density at radius 3 is 2.57 bits per heavy atom. The monoisotopic (exact) mass is 378 g/mol. The number of hydrogen-bond donors (Lipinski definition) is 1. The maximum absolute atomic E-state index is 10.4. The average molecular weight is 378 g/mol. The van der Waals surface area contributed by atoms with E-state index in [0.717, 1.165) is 67.4 Å². The molecule has 2 aromatic carbocycles. The zero-order valence-corrected chi connectivity index (χ0v) is 16.2. The number of hydrogen-bond acceptors (Lipinski definition) is 4. The first-order valence-electron chi connectivity index (χ1n) is 9.60. The number of benzene rings is 2. The number of rotatable bonds is 7. The van der Waals surface area contributed by atoms with Gasteiger partial charge in [0.15, 0.2) is 0 Å². The molecule has 1 amide bonds. The van der Waals surface area contributed by atoms with E-state index in [4.69, 9.17) is 9.47 Å². The van der Waals surface area contributed by atoms with Crippen LogP contribution >= 0.6 is 0 Å². The predicted molar refractivity (Wildman–Crippen MR) is 111 cm³/mol. The Morgan fingerprint density at radius 1 is 1.11 bits per heavy atom. The minimum atomic E-state index is 0.662. The number of aryl methyl sites for hydroxylation is 1. The van der Waals surface area contributed by atoms with Crippen molar-refractivity contribution in [2.45, 2.75) is 13.3 Å². The van der Waals surface area contributed by atoms with Gasteiger partial charge in [0.1, 0.15) is 5.75 Å². The number of nitrogens with zero attached hydrogens (tertiary/aromatic N) is 1. The Balaban J connectivity index is 1.54. The number of amides is 1. The summed E-state index contributed by atoms with van der Waals surface area (Å²) in [5.74, 6) is 7.22. The van der Waals surface area contributed by atoms with Crippen molar-refractivity contribution in [2.75, 3.05) is 44.8 Å². The van der Waals surface area contributed by atoms with Crippen molar-refractivity contribution in [3.8, 4) is 17.6 Å². The second kappa shape index (κ2) is 10.5. The molecule has 1 saturated heterocycles. The van der Waals surface area contributed by atoms with E-state index < -0.39 is 0 Å². The highest BCUT2D eigenvalue weighted by atomic mass is 16.5. The molecule has 1 fully saturated rings. The van der Waals surface area contributed by atoms with Crippen molar-refractivity contribution >= 4 is 12.1 Å². The summed E-state index contributed by atoms with van der Waals surface area (Å²) in [7, 11) is 0. The van der Waals surface area contributed by atoms with Gasteiger partial charge in [0.05, 0.1) is 19.8 Å². The third-order valence-corrected chi connectivity index (χ3v) is 4.63. The fraction of sp³-hybridized carbons (Fsp3) is 0.348. The van der Waals surface area contributed by atoms with Gasteiger partial charge in [0, 0.05) is 36.4 Å². The summed E-state index contributed by atoms with van der Waals surface area (Å²) in [6.07, 6.45) is 1.66. The van der Waals surface area contributed by atoms with Crippen LogP contribution in [0.2, 0.25) is 0 Å². The van der Waals surface area contributed by atoms with Crippen molar-refractivity contribution in [2.24, 2.45) is 0 Å². The van der Waals surface area contributed by atoms with Crippen LogP contribution < -0.4 is 10.1 Å². The van der Waals surface area contributed by atoms with Crippen LogP contribution in [0.3, 0.4) is 0 Å². The van der Waals surface area contributed by atoms with Crippen LogP contribution in [0.5, 0.6) is 5.75 Å². The third-order valence-electron chi connectivity index (χ3n) is 4.63. The molecule has 0 radical (unpaired) electrons. The third kappa shape index (κ3) is 6.12. The van der Waals surface area contributed by atoms with Gasteiger partial charge in [-0.1, -0.05) is 17.9 Å². The molecule has 1 N–H and O–H groups in total. The quantitative estimate of drug-likeness (QED) is 0.457. The van der Waals surface area contributed by atoms with E-state index in [9.17, 15) is 4.79 Å². The molecular weight excluding hydrogens is 352 g/mol. The summed E-state index contributed by atoms with van der Waals surface area (Å²) in [6.45, 7) is 7.46. The minimum absolute atomic E-state index is 0.662. The van der Waals surface area contributed by atoms with E-state index >= 15 is 0 Å². The largest absolute Gasteiger partial charge is 0.493 e. The Labute approximate surface area is 166 Å². The summed E-state index contributed by atoms with van der Waals surface area (Å²) in [4.78, 5) is 12.9. The molecule has 0 aliphatic carbocycles. The molecule has 0 unspecified atom stereocenters. The van der Waals surface area contributed by atoms with Crippen LogP contribution in [0, 0.1) is 18.8 Å². The molecule has 0 atom stereocenters. The lowest BCUT2D eigenvalue weighted by molar-refractivity contribution is -0.105. The van der Waals surface area contributed by atoms with Gasteiger partial charge in [-0.2, -0.15) is 0 Å². The van der Waals surface area contributed by atoms with E-state index in [1.807, 2.05) is 49.4 Å². The number of carbonyl (C=O) groups excluding carboxylic acids is 1. The molecule has 0 aromatic heterocycles. The van der Waals surface area contributed by atoms with E-state index in [-0.39, 0.29) is 0 Å². The highest BCUT2D eigenvalue weighted by Crippen LogP contribution is 2.19. The molecule has 1 aliphatic heterocycles. The number of morpholine rings is 1. The molecule has 5 nitrogen and oxygen atoms in total. The first kappa shape index (κ1) is 19.9. The lowest BCUT2D eigenvalue weighted by Crippen LogP contribution is -2.37. The van der Waals surface area contributed by atoms with E-state index in [0.29, 0.717) is 13.0 Å². The lowest BCUT2D eigenvalue weighted by atomic mass is 10.1. The number of carbonyl (C=O) groups is 1. The van der Waals surface area contributed by atoms with Crippen LogP contribution in [0.15, 0.2) is 42.5 Å². The average Bonchev–Trinajstić information content (AvgIpc) is 2.73. The van der Waals surface area contributed by atoms with Gasteiger partial charge in [0.25, 0.3) is 0 Å². The summed E-state index contributed by atoms with van der Waals surface area (Å²) in [6, 6.07) is 13.5. The highest BCUT2D eigenvalue weighted by Gasteiger charge is 2.09. The van der Waals surface area contributed by atoms with Gasteiger partial charge in [-0.25, -0.2) is 0 Å². The summed E-state index contributed by atoms with van der Waals surface area (Å²) < 4.78 is 11.4. The zero-order chi connectivity index (χ0) is 19.6. The first-order chi connectivity index (χ1) is 13.7. The van der Waals surface area contributed by atoms with Gasteiger partial charge >= 0.3 is 0 Å². The van der Waals surface area contributed by atoms with Crippen LogP contribution in [-0.4, -0.2) is 50.8 Å². The Hall–Kier alpha value is -2.81. The standard InChI is InChI=1S/C23H26N2O3/c1-19-3-4-21(6-5-20-7-9-22(10-8-20)24-18-26)17-23(19)28-14-2-11-25-12-15-27-16-13-25/h3-4,7-10,17-18H,2,11-16H2,1H3,(H,24,26). The first-order valence-corrected chi connectivity index (χ1v) is 9.60. The molecule has 2 aromatic rings. The highest BCUT2D eigenvalue weighted by molar-refractivity contribution is 5.71. The SMILES string of the molecule is Cc1ccc(C#Cc2ccc(NC=O)cc2)cc1OCCCN1CCOCC1. The molecule has 146 valence electrons. The van der Waals surface area contributed by atoms with E-state index in [2.05, 4.69) is 22.1 Å². The van der Waals surface area contributed by atoms with Gasteiger partial charge < -0.3 is 14.8 Å². The minimum Gasteiger partial charge on any atom is -0.493 e. The normalized spacial score (nSPS) is 14.0. The second-order valence-electron chi connectivity index (χ2n) is 6.73. The lowest BCUT2D eigenvalue weighted by Gasteiger charge is -2.26. The maximum atomic E-state index is 10.4. The Bertz CT molecular complexity index is 831. The van der Waals surface area contributed by atoms with Crippen molar-refractivity contribution in [1.82, 2.24) is 4.90 Å². The van der Waals surface area contributed by atoms with Crippen LogP contribution in [-0.2, 0) is 9.53 Å². The fourth-order valence-electron chi connectivity index (χ4n) is 2.99. The smallest absolute Gasteiger partial charge is 0.211 e. The molecule has 0 bridgehead atoms. The summed E-state index contributed by atoms with van der Waals surface area (Å²) in [5, 5.41) is 2.61. The zero-order valence-electron chi connectivity index (χ0n) is 16.2. The molecule has 0 spiro atoms. The molecule has 28 heavy (non-hydrogen) atoms. The molecule has 1 aliphatic rings. The van der Waals surface area contributed by atoms with Crippen LogP contribution in [0.1, 0.15) is 23.1 Å². The van der Waals surface area contributed by atoms with Crippen molar-refractivity contribution in [1.29, 1.82) is 0 Å². The number of anilines is 1. The van der Waals surface area contributed by atoms with Gasteiger partial charge in [-0.15, -0.1) is 0 Å². The van der Waals surface area contributed by atoms with Crippen molar-refractivity contribution in [3.05, 3.63) is 59.2 Å². The fourth-order valence-corrected chi connectivity index (χ4v) is 2.99. The Kier molecular flexibility index (Phi) is 7.48. The van der Waals surface area contributed by atoms with Crippen molar-refractivity contribution in [3.63, 3.8) is 0 Å². The Morgan fingerprint density at radius 2 is 1.82 bits per heavy atom. The topological polar surface area (TPSA) is 50.8 Å². The van der Waals surface area contributed by atoms with E-state index in [1.54, 1.807) is 0 Å². The van der Waals surface area contributed by atoms with Crippen LogP contribution in [0.4, 0.5) is 5.69 Å². The summed E-state index contributed by atoms with van der Waals surface area (Å²) in [5.41, 5.74) is 3.68. The van der Waals surface area contributed by atoms with Gasteiger partial charge in [-0.05, 0) is 55.3 Å². The molecular formula is C23H26N2O3. The summed E-state index contributed by atoms with van der Waals surface area (Å²) >= 11 is 0. The molecule has 3 rings (SSSR count). The van der Waals surface area contributed by atoms with Gasteiger partial charge in [0.2, 0.25) is 6.41 Å². The van der Waals surface area contributed by atoms with Crippen molar-refractivity contribution < 1.29 is 14.3 Å². The number of nitrogens with one attached hydrogen (secondary N) is 1. The maximum Gasteiger partial charge on any atom is 0.211 e. The molecule has 0 saturated carbocycles. The van der Waals surface area contributed by atoms with Crippen LogP contribution in [0.25, 0.3) is 0 Å². The number of ether oxygens (including phenoxy) is 2. The predicted octanol–water partition coefficient (Wildman–Crippen LogP) is 3.06. The van der Waals surface area contributed by atoms with Gasteiger partial charge in [-0.3, -0.25) is 9.69 Å². The molecule has 1 heterocycles. The second-order valence-corrected chi connectivity index (χ2v) is 6.73.